The molecular formula is C12H15N3. The van der Waals surface area contributed by atoms with Gasteiger partial charge in [-0.05, 0) is 26.0 Å². The maximum Gasteiger partial charge on any atom is 0.0832 e. The fourth-order valence-corrected chi connectivity index (χ4v) is 1.83. The zero-order valence-corrected chi connectivity index (χ0v) is 9.28. The van der Waals surface area contributed by atoms with Crippen molar-refractivity contribution < 1.29 is 0 Å². The molecule has 1 N–H and O–H groups in total. The maximum atomic E-state index is 4.51. The summed E-state index contributed by atoms with van der Waals surface area (Å²) in [4.78, 5) is 0. The van der Waals surface area contributed by atoms with Crippen molar-refractivity contribution in [2.75, 3.05) is 12.4 Å². The molecule has 2 aromatic rings. The highest BCUT2D eigenvalue weighted by Gasteiger charge is 2.10. The summed E-state index contributed by atoms with van der Waals surface area (Å²) in [7, 11) is 1.92. The fraction of sp³-hybridized carbons (Fsp3) is 0.250. The Bertz CT molecular complexity index is 457. The zero-order chi connectivity index (χ0) is 10.8. The van der Waals surface area contributed by atoms with Gasteiger partial charge in [0.15, 0.2) is 0 Å². The second-order valence-corrected chi connectivity index (χ2v) is 3.54. The van der Waals surface area contributed by atoms with Gasteiger partial charge in [-0.1, -0.05) is 18.2 Å². The van der Waals surface area contributed by atoms with Crippen molar-refractivity contribution >= 4 is 5.69 Å². The number of benzene rings is 1. The summed E-state index contributed by atoms with van der Waals surface area (Å²) in [6.07, 6.45) is 0. The van der Waals surface area contributed by atoms with E-state index < -0.39 is 0 Å². The molecule has 0 saturated heterocycles. The third-order valence-corrected chi connectivity index (χ3v) is 2.54. The molecule has 0 atom stereocenters. The Morgan fingerprint density at radius 2 is 1.80 bits per heavy atom. The van der Waals surface area contributed by atoms with Crippen LogP contribution in [0.5, 0.6) is 0 Å². The Labute approximate surface area is 89.7 Å². The van der Waals surface area contributed by atoms with Crippen molar-refractivity contribution in [3.8, 4) is 5.69 Å². The molecule has 0 aliphatic rings. The standard InChI is InChI=1S/C12H15N3/c1-9-12(13-3)10(2)15(14-9)11-7-5-4-6-8-11/h4-8,13H,1-3H3. The van der Waals surface area contributed by atoms with Gasteiger partial charge < -0.3 is 5.32 Å². The minimum absolute atomic E-state index is 1.03. The lowest BCUT2D eigenvalue weighted by Gasteiger charge is -2.04. The normalized spacial score (nSPS) is 10.3. The average Bonchev–Trinajstić information content (AvgIpc) is 2.55. The highest BCUT2D eigenvalue weighted by molar-refractivity contribution is 5.54. The SMILES string of the molecule is CNc1c(C)nn(-c2ccccc2)c1C. The molecule has 0 aliphatic heterocycles. The summed E-state index contributed by atoms with van der Waals surface area (Å²) in [6.45, 7) is 4.08. The first kappa shape index (κ1) is 9.77. The van der Waals surface area contributed by atoms with E-state index in [2.05, 4.69) is 29.5 Å². The number of aromatic nitrogens is 2. The quantitative estimate of drug-likeness (QED) is 0.809. The molecule has 0 bridgehead atoms. The van der Waals surface area contributed by atoms with Gasteiger partial charge in [0.2, 0.25) is 0 Å². The molecule has 0 fully saturated rings. The highest BCUT2D eigenvalue weighted by Crippen LogP contribution is 2.21. The fourth-order valence-electron chi connectivity index (χ4n) is 1.83. The van der Waals surface area contributed by atoms with Crippen LogP contribution in [0.2, 0.25) is 0 Å². The van der Waals surface area contributed by atoms with E-state index in [1.807, 2.05) is 36.9 Å². The van der Waals surface area contributed by atoms with E-state index >= 15 is 0 Å². The van der Waals surface area contributed by atoms with Gasteiger partial charge in [0.05, 0.1) is 22.8 Å². The first-order valence-corrected chi connectivity index (χ1v) is 5.03. The summed E-state index contributed by atoms with van der Waals surface area (Å²) in [5.74, 6) is 0. The van der Waals surface area contributed by atoms with Gasteiger partial charge in [0.25, 0.3) is 0 Å². The van der Waals surface area contributed by atoms with E-state index in [1.54, 1.807) is 0 Å². The molecule has 78 valence electrons. The molecule has 1 aromatic heterocycles. The molecule has 2 rings (SSSR count). The Hall–Kier alpha value is -1.77. The van der Waals surface area contributed by atoms with Crippen LogP contribution in [0, 0.1) is 13.8 Å². The van der Waals surface area contributed by atoms with Crippen LogP contribution in [0.4, 0.5) is 5.69 Å². The topological polar surface area (TPSA) is 29.9 Å². The molecule has 0 unspecified atom stereocenters. The molecule has 1 heterocycles. The van der Waals surface area contributed by atoms with Crippen molar-refractivity contribution in [1.82, 2.24) is 9.78 Å². The number of nitrogens with zero attached hydrogens (tertiary/aromatic N) is 2. The van der Waals surface area contributed by atoms with Crippen molar-refractivity contribution in [2.24, 2.45) is 0 Å². The summed E-state index contributed by atoms with van der Waals surface area (Å²) in [5, 5.41) is 7.68. The van der Waals surface area contributed by atoms with Crippen molar-refractivity contribution in [3.05, 3.63) is 41.7 Å². The van der Waals surface area contributed by atoms with Gasteiger partial charge in [-0.25, -0.2) is 4.68 Å². The number of rotatable bonds is 2. The lowest BCUT2D eigenvalue weighted by Crippen LogP contribution is -1.99. The van der Waals surface area contributed by atoms with E-state index in [4.69, 9.17) is 0 Å². The Morgan fingerprint density at radius 3 is 2.33 bits per heavy atom. The van der Waals surface area contributed by atoms with Crippen LogP contribution in [0.1, 0.15) is 11.4 Å². The summed E-state index contributed by atoms with van der Waals surface area (Å²) in [5.41, 5.74) is 4.37. The van der Waals surface area contributed by atoms with Crippen molar-refractivity contribution in [3.63, 3.8) is 0 Å². The van der Waals surface area contributed by atoms with Gasteiger partial charge in [-0.3, -0.25) is 0 Å². The van der Waals surface area contributed by atoms with Crippen LogP contribution in [-0.2, 0) is 0 Å². The number of anilines is 1. The number of hydrogen-bond donors (Lipinski definition) is 1. The third-order valence-electron chi connectivity index (χ3n) is 2.54. The Balaban J connectivity index is 2.55. The average molecular weight is 201 g/mol. The molecule has 0 radical (unpaired) electrons. The van der Waals surface area contributed by atoms with Gasteiger partial charge in [0, 0.05) is 7.05 Å². The molecule has 0 amide bonds. The molecule has 3 heteroatoms. The number of para-hydroxylation sites is 1. The van der Waals surface area contributed by atoms with Crippen LogP contribution < -0.4 is 5.32 Å². The second kappa shape index (κ2) is 3.77. The summed E-state index contributed by atoms with van der Waals surface area (Å²) in [6, 6.07) is 10.2. The lowest BCUT2D eigenvalue weighted by atomic mass is 10.3. The van der Waals surface area contributed by atoms with E-state index in [1.165, 1.54) is 0 Å². The smallest absolute Gasteiger partial charge is 0.0832 e. The molecular weight excluding hydrogens is 186 g/mol. The van der Waals surface area contributed by atoms with Crippen LogP contribution in [0.15, 0.2) is 30.3 Å². The highest BCUT2D eigenvalue weighted by atomic mass is 15.3. The molecule has 15 heavy (non-hydrogen) atoms. The van der Waals surface area contributed by atoms with E-state index in [0.29, 0.717) is 0 Å². The van der Waals surface area contributed by atoms with Gasteiger partial charge in [0.1, 0.15) is 0 Å². The largest absolute Gasteiger partial charge is 0.385 e. The summed E-state index contributed by atoms with van der Waals surface area (Å²) >= 11 is 0. The van der Waals surface area contributed by atoms with Crippen LogP contribution in [0.3, 0.4) is 0 Å². The van der Waals surface area contributed by atoms with Gasteiger partial charge in [-0.2, -0.15) is 5.10 Å². The van der Waals surface area contributed by atoms with Crippen LogP contribution >= 0.6 is 0 Å². The first-order valence-electron chi connectivity index (χ1n) is 5.03. The maximum absolute atomic E-state index is 4.51. The second-order valence-electron chi connectivity index (χ2n) is 3.54. The minimum atomic E-state index is 1.03. The molecule has 0 aliphatic carbocycles. The Kier molecular flexibility index (Phi) is 2.46. The Morgan fingerprint density at radius 1 is 1.13 bits per heavy atom. The first-order chi connectivity index (χ1) is 7.24. The predicted octanol–water partition coefficient (Wildman–Crippen LogP) is 2.53. The third kappa shape index (κ3) is 1.61. The molecule has 0 saturated carbocycles. The predicted molar refractivity (Wildman–Crippen MR) is 62.6 cm³/mol. The van der Waals surface area contributed by atoms with Crippen LogP contribution in [-0.4, -0.2) is 16.8 Å². The van der Waals surface area contributed by atoms with Gasteiger partial charge in [-0.15, -0.1) is 0 Å². The van der Waals surface area contributed by atoms with E-state index in [9.17, 15) is 0 Å². The van der Waals surface area contributed by atoms with E-state index in [-0.39, 0.29) is 0 Å². The monoisotopic (exact) mass is 201 g/mol. The number of aryl methyl sites for hydroxylation is 1. The lowest BCUT2D eigenvalue weighted by molar-refractivity contribution is 0.834. The van der Waals surface area contributed by atoms with E-state index in [0.717, 1.165) is 22.8 Å². The number of nitrogens with one attached hydrogen (secondary N) is 1. The van der Waals surface area contributed by atoms with Crippen LogP contribution in [0.25, 0.3) is 5.69 Å². The minimum Gasteiger partial charge on any atom is -0.385 e. The zero-order valence-electron chi connectivity index (χ0n) is 9.28. The van der Waals surface area contributed by atoms with Gasteiger partial charge >= 0.3 is 0 Å². The molecule has 3 nitrogen and oxygen atoms in total. The number of hydrogen-bond acceptors (Lipinski definition) is 2. The summed E-state index contributed by atoms with van der Waals surface area (Å²) < 4.78 is 1.96. The van der Waals surface area contributed by atoms with Crippen molar-refractivity contribution in [1.29, 1.82) is 0 Å². The van der Waals surface area contributed by atoms with Crippen molar-refractivity contribution in [2.45, 2.75) is 13.8 Å². The molecule has 0 spiro atoms. The molecule has 1 aromatic carbocycles.